The molecule has 0 aromatic heterocycles. The number of ether oxygens (including phenoxy) is 1. The highest BCUT2D eigenvalue weighted by atomic mass is 16.5. The van der Waals surface area contributed by atoms with Gasteiger partial charge < -0.3 is 4.74 Å². The lowest BCUT2D eigenvalue weighted by atomic mass is 10.1. The van der Waals surface area contributed by atoms with Crippen LogP contribution >= 0.6 is 0 Å². The maximum absolute atomic E-state index is 11.7. The van der Waals surface area contributed by atoms with Gasteiger partial charge in [0.2, 0.25) is 0 Å². The van der Waals surface area contributed by atoms with Crippen molar-refractivity contribution in [2.24, 2.45) is 5.92 Å². The Kier molecular flexibility index (Phi) is 5.03. The first-order valence-corrected chi connectivity index (χ1v) is 5.87. The lowest BCUT2D eigenvalue weighted by Gasteiger charge is -2.10. The summed E-state index contributed by atoms with van der Waals surface area (Å²) in [6.45, 7) is 6.73. The minimum absolute atomic E-state index is 0.216. The van der Waals surface area contributed by atoms with E-state index in [4.69, 9.17) is 4.74 Å². The van der Waals surface area contributed by atoms with Gasteiger partial charge in [0.05, 0.1) is 12.2 Å². The highest BCUT2D eigenvalue weighted by Gasteiger charge is 2.09. The highest BCUT2D eigenvalue weighted by Crippen LogP contribution is 2.09. The summed E-state index contributed by atoms with van der Waals surface area (Å²) in [5.41, 5.74) is 1.72. The number of rotatable bonds is 5. The molecule has 0 aliphatic rings. The Labute approximate surface area is 97.6 Å². The third-order valence-corrected chi connectivity index (χ3v) is 2.53. The van der Waals surface area contributed by atoms with E-state index >= 15 is 0 Å². The van der Waals surface area contributed by atoms with Gasteiger partial charge in [-0.25, -0.2) is 4.79 Å². The van der Waals surface area contributed by atoms with E-state index < -0.39 is 0 Å². The van der Waals surface area contributed by atoms with Gasteiger partial charge in [-0.2, -0.15) is 0 Å². The van der Waals surface area contributed by atoms with Crippen molar-refractivity contribution < 1.29 is 9.53 Å². The van der Waals surface area contributed by atoms with Crippen LogP contribution in [0.25, 0.3) is 0 Å². The van der Waals surface area contributed by atoms with Crippen molar-refractivity contribution in [3.05, 3.63) is 35.4 Å². The minimum atomic E-state index is -0.216. The Morgan fingerprint density at radius 1 is 1.44 bits per heavy atom. The largest absolute Gasteiger partial charge is 0.462 e. The molecule has 0 bridgehead atoms. The van der Waals surface area contributed by atoms with Crippen LogP contribution in [0.3, 0.4) is 0 Å². The fourth-order valence-corrected chi connectivity index (χ4v) is 1.65. The first kappa shape index (κ1) is 12.8. The Bertz CT molecular complexity index is 344. The molecule has 0 aliphatic carbocycles. The lowest BCUT2D eigenvalue weighted by Crippen LogP contribution is -2.12. The predicted octanol–water partition coefficient (Wildman–Crippen LogP) is 3.59. The van der Waals surface area contributed by atoms with Crippen molar-refractivity contribution >= 4 is 5.97 Å². The Hall–Kier alpha value is -1.31. The zero-order valence-electron chi connectivity index (χ0n) is 10.3. The van der Waals surface area contributed by atoms with E-state index in [-0.39, 0.29) is 5.97 Å². The average Bonchev–Trinajstić information content (AvgIpc) is 2.26. The maximum atomic E-state index is 11.7. The van der Waals surface area contributed by atoms with E-state index in [1.165, 1.54) is 0 Å². The number of hydrogen-bond acceptors (Lipinski definition) is 2. The Balaban J connectivity index is 2.47. The fraction of sp³-hybridized carbons (Fsp3) is 0.500. The molecule has 1 atom stereocenters. The van der Waals surface area contributed by atoms with Gasteiger partial charge in [-0.1, -0.05) is 38.0 Å². The molecule has 0 N–H and O–H groups in total. The molecule has 0 unspecified atom stereocenters. The topological polar surface area (TPSA) is 26.3 Å². The number of aryl methyl sites for hydroxylation is 1. The van der Waals surface area contributed by atoms with Crippen LogP contribution in [-0.4, -0.2) is 12.6 Å². The second kappa shape index (κ2) is 6.31. The summed E-state index contributed by atoms with van der Waals surface area (Å²) in [5, 5.41) is 0. The maximum Gasteiger partial charge on any atom is 0.338 e. The van der Waals surface area contributed by atoms with E-state index in [9.17, 15) is 4.79 Å². The van der Waals surface area contributed by atoms with Crippen molar-refractivity contribution in [3.63, 3.8) is 0 Å². The second-order valence-corrected chi connectivity index (χ2v) is 4.36. The summed E-state index contributed by atoms with van der Waals surface area (Å²) >= 11 is 0. The van der Waals surface area contributed by atoms with Crippen LogP contribution in [-0.2, 0) is 4.74 Å². The van der Waals surface area contributed by atoms with Crippen LogP contribution in [0, 0.1) is 12.8 Å². The summed E-state index contributed by atoms with van der Waals surface area (Å²) in [4.78, 5) is 11.7. The van der Waals surface area contributed by atoms with Gasteiger partial charge in [-0.05, 0) is 31.4 Å². The second-order valence-electron chi connectivity index (χ2n) is 4.36. The van der Waals surface area contributed by atoms with Gasteiger partial charge in [-0.15, -0.1) is 0 Å². The van der Waals surface area contributed by atoms with E-state index in [0.29, 0.717) is 18.1 Å². The van der Waals surface area contributed by atoms with Crippen LogP contribution in [0.15, 0.2) is 24.3 Å². The lowest BCUT2D eigenvalue weighted by molar-refractivity contribution is 0.0443. The summed E-state index contributed by atoms with van der Waals surface area (Å²) in [6, 6.07) is 7.49. The molecule has 1 rings (SSSR count). The molecule has 1 aromatic rings. The standard InChI is InChI=1S/C14H20O2/c1-4-6-12(3)10-16-14(15)13-8-5-7-11(2)9-13/h5,7-9,12H,4,6,10H2,1-3H3/t12-/m0/s1. The van der Waals surface area contributed by atoms with Crippen molar-refractivity contribution in [2.75, 3.05) is 6.61 Å². The molecule has 2 heteroatoms. The van der Waals surface area contributed by atoms with E-state index in [0.717, 1.165) is 18.4 Å². The van der Waals surface area contributed by atoms with Crippen molar-refractivity contribution in [3.8, 4) is 0 Å². The van der Waals surface area contributed by atoms with E-state index in [2.05, 4.69) is 13.8 Å². The molecule has 0 saturated carbocycles. The van der Waals surface area contributed by atoms with Gasteiger partial charge >= 0.3 is 5.97 Å². The van der Waals surface area contributed by atoms with Gasteiger partial charge in [0.15, 0.2) is 0 Å². The molecule has 0 aliphatic heterocycles. The average molecular weight is 220 g/mol. The molecule has 0 amide bonds. The molecular weight excluding hydrogens is 200 g/mol. The van der Waals surface area contributed by atoms with Crippen LogP contribution < -0.4 is 0 Å². The van der Waals surface area contributed by atoms with E-state index in [1.54, 1.807) is 6.07 Å². The molecule has 0 heterocycles. The fourth-order valence-electron chi connectivity index (χ4n) is 1.65. The summed E-state index contributed by atoms with van der Waals surface area (Å²) in [6.07, 6.45) is 2.23. The summed E-state index contributed by atoms with van der Waals surface area (Å²) < 4.78 is 5.26. The number of benzene rings is 1. The minimum Gasteiger partial charge on any atom is -0.462 e. The molecule has 0 fully saturated rings. The monoisotopic (exact) mass is 220 g/mol. The first-order valence-electron chi connectivity index (χ1n) is 5.87. The molecular formula is C14H20O2. The third-order valence-electron chi connectivity index (χ3n) is 2.53. The summed E-state index contributed by atoms with van der Waals surface area (Å²) in [5.74, 6) is 0.227. The van der Waals surface area contributed by atoms with E-state index in [1.807, 2.05) is 25.1 Å². The molecule has 1 aromatic carbocycles. The van der Waals surface area contributed by atoms with Crippen molar-refractivity contribution in [1.82, 2.24) is 0 Å². The summed E-state index contributed by atoms with van der Waals surface area (Å²) in [7, 11) is 0. The molecule has 0 radical (unpaired) electrons. The smallest absolute Gasteiger partial charge is 0.338 e. The van der Waals surface area contributed by atoms with Crippen LogP contribution in [0.4, 0.5) is 0 Å². The third kappa shape index (κ3) is 4.05. The Morgan fingerprint density at radius 2 is 2.19 bits per heavy atom. The number of carbonyl (C=O) groups is 1. The zero-order chi connectivity index (χ0) is 12.0. The number of hydrogen-bond donors (Lipinski definition) is 0. The van der Waals surface area contributed by atoms with Crippen molar-refractivity contribution in [1.29, 1.82) is 0 Å². The molecule has 0 spiro atoms. The van der Waals surface area contributed by atoms with Gasteiger partial charge in [-0.3, -0.25) is 0 Å². The Morgan fingerprint density at radius 3 is 2.81 bits per heavy atom. The predicted molar refractivity (Wildman–Crippen MR) is 65.5 cm³/mol. The molecule has 88 valence electrons. The van der Waals surface area contributed by atoms with Gasteiger partial charge in [0.1, 0.15) is 0 Å². The molecule has 0 saturated heterocycles. The first-order chi connectivity index (χ1) is 7.63. The molecule has 16 heavy (non-hydrogen) atoms. The normalized spacial score (nSPS) is 12.2. The van der Waals surface area contributed by atoms with Gasteiger partial charge in [0.25, 0.3) is 0 Å². The molecule has 2 nitrogen and oxygen atoms in total. The zero-order valence-corrected chi connectivity index (χ0v) is 10.3. The van der Waals surface area contributed by atoms with Gasteiger partial charge in [0, 0.05) is 0 Å². The quantitative estimate of drug-likeness (QED) is 0.709. The number of carbonyl (C=O) groups excluding carboxylic acids is 1. The highest BCUT2D eigenvalue weighted by molar-refractivity contribution is 5.89. The van der Waals surface area contributed by atoms with Crippen LogP contribution in [0.2, 0.25) is 0 Å². The number of esters is 1. The van der Waals surface area contributed by atoms with Crippen LogP contribution in [0.5, 0.6) is 0 Å². The van der Waals surface area contributed by atoms with Crippen molar-refractivity contribution in [2.45, 2.75) is 33.6 Å². The van der Waals surface area contributed by atoms with Crippen LogP contribution in [0.1, 0.15) is 42.6 Å². The SMILES string of the molecule is CCC[C@H](C)COC(=O)c1cccc(C)c1.